The summed E-state index contributed by atoms with van der Waals surface area (Å²) in [4.78, 5) is 4.15. The van der Waals surface area contributed by atoms with Gasteiger partial charge in [-0.25, -0.2) is 9.37 Å². The lowest BCUT2D eigenvalue weighted by atomic mass is 9.96. The topological polar surface area (TPSA) is 53.1 Å². The van der Waals surface area contributed by atoms with Crippen LogP contribution in [0.15, 0.2) is 30.7 Å². The molecule has 0 bridgehead atoms. The molecule has 2 atom stereocenters. The van der Waals surface area contributed by atoms with Crippen molar-refractivity contribution in [3.05, 3.63) is 47.8 Å². The van der Waals surface area contributed by atoms with Gasteiger partial charge in [0.05, 0.1) is 18.2 Å². The molecule has 2 aromatic rings. The van der Waals surface area contributed by atoms with E-state index in [1.807, 2.05) is 4.57 Å². The van der Waals surface area contributed by atoms with Crippen LogP contribution in [0.1, 0.15) is 36.7 Å². The molecule has 1 aliphatic rings. The largest absolute Gasteiger partial charge is 0.484 e. The molecular weight excluding hydrogens is 245 g/mol. The molecule has 0 amide bonds. The van der Waals surface area contributed by atoms with E-state index in [9.17, 15) is 4.39 Å². The maximum absolute atomic E-state index is 13.2. The second-order valence-corrected chi connectivity index (χ2v) is 4.74. The van der Waals surface area contributed by atoms with Crippen LogP contribution in [-0.2, 0) is 6.54 Å². The predicted molar refractivity (Wildman–Crippen MR) is 69.2 cm³/mol. The summed E-state index contributed by atoms with van der Waals surface area (Å²) in [6.45, 7) is 2.89. The molecule has 19 heavy (non-hydrogen) atoms. The van der Waals surface area contributed by atoms with Crippen molar-refractivity contribution < 1.29 is 9.13 Å². The number of ether oxygens (including phenoxy) is 1. The molecule has 1 aliphatic heterocycles. The summed E-state index contributed by atoms with van der Waals surface area (Å²) in [5.41, 5.74) is 7.87. The van der Waals surface area contributed by atoms with Crippen LogP contribution in [0, 0.1) is 5.82 Å². The van der Waals surface area contributed by atoms with Crippen LogP contribution in [0.25, 0.3) is 0 Å². The van der Waals surface area contributed by atoms with Crippen LogP contribution >= 0.6 is 0 Å². The fourth-order valence-electron chi connectivity index (χ4n) is 2.52. The van der Waals surface area contributed by atoms with Gasteiger partial charge in [-0.1, -0.05) is 0 Å². The molecule has 1 aromatic heterocycles. The molecule has 0 spiro atoms. The first-order chi connectivity index (χ1) is 9.19. The van der Waals surface area contributed by atoms with Gasteiger partial charge in [0, 0.05) is 24.6 Å². The normalized spacial score (nSPS) is 21.8. The van der Waals surface area contributed by atoms with Crippen LogP contribution < -0.4 is 10.5 Å². The molecule has 0 aliphatic carbocycles. The molecule has 5 heteroatoms. The van der Waals surface area contributed by atoms with E-state index in [-0.39, 0.29) is 18.0 Å². The van der Waals surface area contributed by atoms with Crippen LogP contribution in [0.4, 0.5) is 4.39 Å². The molecule has 100 valence electrons. The summed E-state index contributed by atoms with van der Waals surface area (Å²) in [7, 11) is 0. The third kappa shape index (κ3) is 2.10. The molecule has 2 heterocycles. The SMILES string of the molecule is CCn1cncc1C1C[C@H](N)c2cc(F)ccc2O1. The van der Waals surface area contributed by atoms with E-state index in [1.165, 1.54) is 12.1 Å². The molecule has 4 nitrogen and oxygen atoms in total. The van der Waals surface area contributed by atoms with Gasteiger partial charge < -0.3 is 15.0 Å². The molecule has 0 saturated heterocycles. The van der Waals surface area contributed by atoms with Gasteiger partial charge >= 0.3 is 0 Å². The Kier molecular flexibility index (Phi) is 2.98. The number of hydrogen-bond donors (Lipinski definition) is 1. The van der Waals surface area contributed by atoms with Gasteiger partial charge in [0.25, 0.3) is 0 Å². The monoisotopic (exact) mass is 261 g/mol. The molecule has 0 fully saturated rings. The zero-order chi connectivity index (χ0) is 13.4. The van der Waals surface area contributed by atoms with Crippen molar-refractivity contribution in [2.75, 3.05) is 0 Å². The van der Waals surface area contributed by atoms with Crippen LogP contribution in [-0.4, -0.2) is 9.55 Å². The van der Waals surface area contributed by atoms with Gasteiger partial charge in [-0.3, -0.25) is 0 Å². The highest BCUT2D eigenvalue weighted by molar-refractivity contribution is 5.39. The van der Waals surface area contributed by atoms with Crippen molar-refractivity contribution in [1.82, 2.24) is 9.55 Å². The summed E-state index contributed by atoms with van der Waals surface area (Å²) in [6, 6.07) is 4.27. The zero-order valence-electron chi connectivity index (χ0n) is 10.7. The van der Waals surface area contributed by atoms with E-state index in [0.717, 1.165) is 17.8 Å². The number of nitrogens with two attached hydrogens (primary N) is 1. The molecule has 1 aromatic carbocycles. The smallest absolute Gasteiger partial charge is 0.142 e. The molecular formula is C14H16FN3O. The van der Waals surface area contributed by atoms with E-state index in [1.54, 1.807) is 18.6 Å². The second kappa shape index (κ2) is 4.66. The third-order valence-corrected chi connectivity index (χ3v) is 3.52. The Bertz CT molecular complexity index is 596. The van der Waals surface area contributed by atoms with Crippen molar-refractivity contribution in [2.45, 2.75) is 32.0 Å². The van der Waals surface area contributed by atoms with Crippen molar-refractivity contribution in [3.8, 4) is 5.75 Å². The van der Waals surface area contributed by atoms with Gasteiger partial charge in [-0.05, 0) is 25.1 Å². The molecule has 1 unspecified atom stereocenters. The molecule has 0 radical (unpaired) electrons. The minimum atomic E-state index is -0.283. The average Bonchev–Trinajstić information content (AvgIpc) is 2.87. The van der Waals surface area contributed by atoms with E-state index in [4.69, 9.17) is 10.5 Å². The highest BCUT2D eigenvalue weighted by atomic mass is 19.1. The Morgan fingerprint density at radius 1 is 1.53 bits per heavy atom. The summed E-state index contributed by atoms with van der Waals surface area (Å²) < 4.78 is 21.2. The highest BCUT2D eigenvalue weighted by Gasteiger charge is 2.29. The van der Waals surface area contributed by atoms with Gasteiger partial charge in [-0.2, -0.15) is 0 Å². The van der Waals surface area contributed by atoms with Gasteiger partial charge in [0.1, 0.15) is 17.7 Å². The first-order valence-corrected chi connectivity index (χ1v) is 6.40. The van der Waals surface area contributed by atoms with Crippen LogP contribution in [0.5, 0.6) is 5.75 Å². The quantitative estimate of drug-likeness (QED) is 0.904. The fraction of sp³-hybridized carbons (Fsp3) is 0.357. The van der Waals surface area contributed by atoms with Crippen LogP contribution in [0.3, 0.4) is 0 Å². The van der Waals surface area contributed by atoms with Crippen molar-refractivity contribution >= 4 is 0 Å². The first-order valence-electron chi connectivity index (χ1n) is 6.40. The standard InChI is InChI=1S/C14H16FN3O/c1-2-18-8-17-7-12(18)14-6-11(16)10-5-9(15)3-4-13(10)19-14/h3-5,7-8,11,14H,2,6,16H2,1H3/t11-,14?/m0/s1. The van der Waals surface area contributed by atoms with Crippen molar-refractivity contribution in [2.24, 2.45) is 5.73 Å². The lowest BCUT2D eigenvalue weighted by Crippen LogP contribution is -2.25. The average molecular weight is 261 g/mol. The number of nitrogens with zero attached hydrogens (tertiary/aromatic N) is 2. The Morgan fingerprint density at radius 3 is 3.16 bits per heavy atom. The van der Waals surface area contributed by atoms with Gasteiger partial charge in [0.15, 0.2) is 0 Å². The zero-order valence-corrected chi connectivity index (χ0v) is 10.7. The summed E-state index contributed by atoms with van der Waals surface area (Å²) in [5, 5.41) is 0. The molecule has 2 N–H and O–H groups in total. The number of imidazole rings is 1. The Labute approximate surface area is 111 Å². The minimum absolute atomic E-state index is 0.129. The molecule has 0 saturated carbocycles. The minimum Gasteiger partial charge on any atom is -0.484 e. The number of halogens is 1. The number of rotatable bonds is 2. The predicted octanol–water partition coefficient (Wildman–Crippen LogP) is 2.57. The number of fused-ring (bicyclic) bond motifs is 1. The van der Waals surface area contributed by atoms with E-state index >= 15 is 0 Å². The lowest BCUT2D eigenvalue weighted by Gasteiger charge is -2.30. The summed E-state index contributed by atoms with van der Waals surface area (Å²) in [6.07, 6.45) is 4.08. The Hall–Kier alpha value is -1.88. The van der Waals surface area contributed by atoms with Gasteiger partial charge in [-0.15, -0.1) is 0 Å². The van der Waals surface area contributed by atoms with Gasteiger partial charge in [0.2, 0.25) is 0 Å². The second-order valence-electron chi connectivity index (χ2n) is 4.74. The summed E-state index contributed by atoms with van der Waals surface area (Å²) in [5.74, 6) is 0.379. The number of aryl methyl sites for hydroxylation is 1. The maximum atomic E-state index is 13.2. The summed E-state index contributed by atoms with van der Waals surface area (Å²) >= 11 is 0. The maximum Gasteiger partial charge on any atom is 0.142 e. The highest BCUT2D eigenvalue weighted by Crippen LogP contribution is 2.39. The van der Waals surface area contributed by atoms with E-state index in [2.05, 4.69) is 11.9 Å². The lowest BCUT2D eigenvalue weighted by molar-refractivity contribution is 0.153. The molecule has 3 rings (SSSR count). The number of hydrogen-bond acceptors (Lipinski definition) is 3. The third-order valence-electron chi connectivity index (χ3n) is 3.52. The number of benzene rings is 1. The van der Waals surface area contributed by atoms with E-state index < -0.39 is 0 Å². The first kappa shape index (κ1) is 12.2. The fourth-order valence-corrected chi connectivity index (χ4v) is 2.52. The Balaban J connectivity index is 1.95. The number of aromatic nitrogens is 2. The van der Waals surface area contributed by atoms with Crippen molar-refractivity contribution in [3.63, 3.8) is 0 Å². The van der Waals surface area contributed by atoms with Crippen molar-refractivity contribution in [1.29, 1.82) is 0 Å². The van der Waals surface area contributed by atoms with Crippen LogP contribution in [0.2, 0.25) is 0 Å². The van der Waals surface area contributed by atoms with E-state index in [0.29, 0.717) is 12.2 Å². The Morgan fingerprint density at radius 2 is 2.37 bits per heavy atom.